The number of benzene rings is 1. The Kier molecular flexibility index (Phi) is 4.38. The Morgan fingerprint density at radius 3 is 1.88 bits per heavy atom. The number of hydrogen-bond donors (Lipinski definition) is 0. The maximum Gasteiger partial charge on any atom is 0.254 e. The normalized spacial score (nSPS) is 24.9. The maximum atomic E-state index is 12.5. The van der Waals surface area contributed by atoms with Crippen molar-refractivity contribution in [3.05, 3.63) is 47.5 Å². The topological polar surface area (TPSA) is 37.4 Å². The maximum absolute atomic E-state index is 12.5. The molecule has 0 N–H and O–H groups in total. The number of carbonyl (C=O) groups is 2. The summed E-state index contributed by atoms with van der Waals surface area (Å²) in [7, 11) is 0. The van der Waals surface area contributed by atoms with E-state index in [1.165, 1.54) is 22.6 Å². The zero-order valence-electron chi connectivity index (χ0n) is 16.1. The van der Waals surface area contributed by atoms with E-state index in [-0.39, 0.29) is 29.2 Å². The summed E-state index contributed by atoms with van der Waals surface area (Å²) < 4.78 is 0. The Morgan fingerprint density at radius 2 is 1.40 bits per heavy atom. The predicted octanol–water partition coefficient (Wildman–Crippen LogP) is 4.49. The van der Waals surface area contributed by atoms with E-state index in [9.17, 15) is 9.59 Å². The molecule has 3 rings (SSSR count). The molecule has 1 aliphatic heterocycles. The van der Waals surface area contributed by atoms with Gasteiger partial charge in [0.05, 0.1) is 6.04 Å². The minimum atomic E-state index is -0.184. The molecule has 3 heteroatoms. The van der Waals surface area contributed by atoms with Crippen LogP contribution in [-0.2, 0) is 15.0 Å². The number of imide groups is 1. The van der Waals surface area contributed by atoms with Crippen molar-refractivity contribution in [3.63, 3.8) is 0 Å². The molecule has 1 aromatic carbocycles. The highest BCUT2D eigenvalue weighted by Crippen LogP contribution is 2.61. The lowest BCUT2D eigenvalue weighted by Gasteiger charge is -2.48. The first-order valence-corrected chi connectivity index (χ1v) is 9.39. The second-order valence-electron chi connectivity index (χ2n) is 8.42. The van der Waals surface area contributed by atoms with Gasteiger partial charge in [-0.25, -0.2) is 0 Å². The van der Waals surface area contributed by atoms with Gasteiger partial charge in [-0.3, -0.25) is 14.5 Å². The van der Waals surface area contributed by atoms with Gasteiger partial charge in [-0.05, 0) is 34.8 Å². The molecular formula is C22H29NO2. The standard InChI is InChI=1S/C22H29NO2/c1-13(2)20-21(23-18(24)11-12-19(23)25)16-9-7-8-10-17(16)22(20,14(3)4)15(5)6/h7-15,20-21H,1-6H3/t20-,21-/m1/s1. The van der Waals surface area contributed by atoms with E-state index in [2.05, 4.69) is 59.7 Å². The molecule has 0 spiro atoms. The molecule has 1 aliphatic carbocycles. The van der Waals surface area contributed by atoms with Crippen LogP contribution in [0.3, 0.4) is 0 Å². The SMILES string of the molecule is CC(C)[C@@H]1[C@H](N2C(=O)C=CC2=O)c2ccccc2C1(C(C)C)C(C)C. The zero-order valence-corrected chi connectivity index (χ0v) is 16.1. The van der Waals surface area contributed by atoms with Crippen LogP contribution in [0.15, 0.2) is 36.4 Å². The van der Waals surface area contributed by atoms with Gasteiger partial charge >= 0.3 is 0 Å². The van der Waals surface area contributed by atoms with Crippen molar-refractivity contribution in [3.8, 4) is 0 Å². The quantitative estimate of drug-likeness (QED) is 0.758. The van der Waals surface area contributed by atoms with E-state index >= 15 is 0 Å². The minimum absolute atomic E-state index is 0.0570. The van der Waals surface area contributed by atoms with Gasteiger partial charge < -0.3 is 0 Å². The molecule has 1 aromatic rings. The first-order chi connectivity index (χ1) is 11.7. The number of fused-ring (bicyclic) bond motifs is 1. The van der Waals surface area contributed by atoms with Crippen LogP contribution >= 0.6 is 0 Å². The molecule has 2 aliphatic rings. The summed E-state index contributed by atoms with van der Waals surface area (Å²) in [5.74, 6) is 1.01. The average Bonchev–Trinajstić information content (AvgIpc) is 3.02. The Hall–Kier alpha value is -1.90. The third-order valence-electron chi connectivity index (χ3n) is 6.39. The summed E-state index contributed by atoms with van der Waals surface area (Å²) in [5, 5.41) is 0. The van der Waals surface area contributed by atoms with Crippen LogP contribution in [0.2, 0.25) is 0 Å². The van der Waals surface area contributed by atoms with Crippen molar-refractivity contribution in [2.45, 2.75) is 53.0 Å². The Bertz CT molecular complexity index is 703. The van der Waals surface area contributed by atoms with Gasteiger partial charge in [0.15, 0.2) is 0 Å². The second kappa shape index (κ2) is 6.12. The number of hydrogen-bond acceptors (Lipinski definition) is 2. The van der Waals surface area contributed by atoms with Crippen LogP contribution in [0, 0.1) is 23.7 Å². The van der Waals surface area contributed by atoms with E-state index in [1.807, 2.05) is 6.07 Å². The number of amides is 2. The summed E-state index contributed by atoms with van der Waals surface area (Å²) in [5.41, 5.74) is 2.41. The van der Waals surface area contributed by atoms with E-state index in [1.54, 1.807) is 0 Å². The van der Waals surface area contributed by atoms with Crippen molar-refractivity contribution in [1.29, 1.82) is 0 Å². The van der Waals surface area contributed by atoms with Gasteiger partial charge in [0, 0.05) is 17.6 Å². The highest BCUT2D eigenvalue weighted by Gasteiger charge is 2.59. The van der Waals surface area contributed by atoms with Gasteiger partial charge in [-0.2, -0.15) is 0 Å². The number of rotatable bonds is 4. The van der Waals surface area contributed by atoms with Gasteiger partial charge in [-0.15, -0.1) is 0 Å². The highest BCUT2D eigenvalue weighted by molar-refractivity contribution is 6.13. The Labute approximate surface area is 151 Å². The van der Waals surface area contributed by atoms with Gasteiger partial charge in [0.2, 0.25) is 0 Å². The van der Waals surface area contributed by atoms with Crippen molar-refractivity contribution < 1.29 is 9.59 Å². The molecule has 0 unspecified atom stereocenters. The minimum Gasteiger partial charge on any atom is -0.269 e. The lowest BCUT2D eigenvalue weighted by molar-refractivity contribution is -0.142. The van der Waals surface area contributed by atoms with Crippen LogP contribution in [0.4, 0.5) is 0 Å². The first-order valence-electron chi connectivity index (χ1n) is 9.39. The summed E-state index contributed by atoms with van der Waals surface area (Å²) in [6, 6.07) is 8.25. The first kappa shape index (κ1) is 17.9. The number of carbonyl (C=O) groups excluding carboxylic acids is 2. The van der Waals surface area contributed by atoms with Crippen LogP contribution in [0.1, 0.15) is 58.7 Å². The van der Waals surface area contributed by atoms with E-state index in [4.69, 9.17) is 0 Å². The lowest BCUT2D eigenvalue weighted by Crippen LogP contribution is -2.48. The molecule has 0 saturated carbocycles. The smallest absolute Gasteiger partial charge is 0.254 e. The fraction of sp³-hybridized carbons (Fsp3) is 0.545. The largest absolute Gasteiger partial charge is 0.269 e. The summed E-state index contributed by atoms with van der Waals surface area (Å²) in [4.78, 5) is 26.5. The molecule has 2 amide bonds. The summed E-state index contributed by atoms with van der Waals surface area (Å²) in [6.45, 7) is 13.6. The van der Waals surface area contributed by atoms with Crippen molar-refractivity contribution in [1.82, 2.24) is 4.90 Å². The van der Waals surface area contributed by atoms with Crippen LogP contribution in [0.5, 0.6) is 0 Å². The molecule has 0 bridgehead atoms. The van der Waals surface area contributed by atoms with Crippen LogP contribution < -0.4 is 0 Å². The molecule has 3 nitrogen and oxygen atoms in total. The van der Waals surface area contributed by atoms with Gasteiger partial charge in [-0.1, -0.05) is 65.8 Å². The van der Waals surface area contributed by atoms with E-state index in [0.717, 1.165) is 5.56 Å². The molecule has 0 radical (unpaired) electrons. The van der Waals surface area contributed by atoms with E-state index < -0.39 is 0 Å². The Balaban J connectivity index is 2.29. The third-order valence-corrected chi connectivity index (χ3v) is 6.39. The molecule has 0 saturated heterocycles. The number of nitrogens with zero attached hydrogens (tertiary/aromatic N) is 1. The third kappa shape index (κ3) is 2.32. The van der Waals surface area contributed by atoms with Crippen molar-refractivity contribution in [2.24, 2.45) is 23.7 Å². The zero-order chi connectivity index (χ0) is 18.5. The molecule has 0 fully saturated rings. The molecular weight excluding hydrogens is 310 g/mol. The van der Waals surface area contributed by atoms with Gasteiger partial charge in [0.1, 0.15) is 0 Å². The molecule has 2 atom stereocenters. The molecule has 0 aromatic heterocycles. The second-order valence-corrected chi connectivity index (χ2v) is 8.42. The van der Waals surface area contributed by atoms with Crippen LogP contribution in [0.25, 0.3) is 0 Å². The molecule has 25 heavy (non-hydrogen) atoms. The average molecular weight is 339 g/mol. The van der Waals surface area contributed by atoms with Crippen molar-refractivity contribution >= 4 is 11.8 Å². The van der Waals surface area contributed by atoms with Gasteiger partial charge in [0.25, 0.3) is 11.8 Å². The fourth-order valence-electron chi connectivity index (χ4n) is 5.74. The fourth-order valence-corrected chi connectivity index (χ4v) is 5.74. The Morgan fingerprint density at radius 1 is 0.880 bits per heavy atom. The monoisotopic (exact) mass is 339 g/mol. The van der Waals surface area contributed by atoms with Crippen molar-refractivity contribution in [2.75, 3.05) is 0 Å². The molecule has 1 heterocycles. The summed E-state index contributed by atoms with van der Waals surface area (Å²) >= 11 is 0. The van der Waals surface area contributed by atoms with E-state index in [0.29, 0.717) is 17.8 Å². The predicted molar refractivity (Wildman–Crippen MR) is 99.9 cm³/mol. The highest BCUT2D eigenvalue weighted by atomic mass is 16.2. The molecule has 134 valence electrons. The lowest BCUT2D eigenvalue weighted by atomic mass is 9.57. The summed E-state index contributed by atoms with van der Waals surface area (Å²) in [6.07, 6.45) is 2.82. The van der Waals surface area contributed by atoms with Crippen LogP contribution in [-0.4, -0.2) is 16.7 Å².